The lowest BCUT2D eigenvalue weighted by molar-refractivity contribution is 0.394. The molecule has 0 radical (unpaired) electrons. The van der Waals surface area contributed by atoms with Gasteiger partial charge in [0, 0.05) is 38.4 Å². The van der Waals surface area contributed by atoms with Gasteiger partial charge in [-0.25, -0.2) is 9.97 Å². The third-order valence-corrected chi connectivity index (χ3v) is 5.39. The molecule has 0 atom stereocenters. The molecule has 0 saturated carbocycles. The number of ether oxygens (including phenoxy) is 2. The monoisotopic (exact) mass is 384 g/mol. The first kappa shape index (κ1) is 18.7. The highest BCUT2D eigenvalue weighted by Crippen LogP contribution is 2.32. The van der Waals surface area contributed by atoms with E-state index in [1.54, 1.807) is 20.4 Å². The standard InChI is InChI=1S/C20H28N6O2/c1-27-17-13-16(22-20(23-17)26-11-7-4-8-12-26)15-14-21-19(24-18(15)28-2)25-9-5-3-6-10-25/h13-14H,3-12H2,1-2H3. The van der Waals surface area contributed by atoms with Gasteiger partial charge < -0.3 is 19.3 Å². The number of hydrogen-bond acceptors (Lipinski definition) is 8. The SMILES string of the molecule is COc1cc(-c2cnc(N3CCCCC3)nc2OC)nc(N2CCCCC2)n1. The van der Waals surface area contributed by atoms with Gasteiger partial charge >= 0.3 is 0 Å². The zero-order valence-electron chi connectivity index (χ0n) is 16.7. The molecule has 0 bridgehead atoms. The molecule has 2 aromatic heterocycles. The highest BCUT2D eigenvalue weighted by Gasteiger charge is 2.20. The molecule has 8 nitrogen and oxygen atoms in total. The predicted octanol–water partition coefficient (Wildman–Crippen LogP) is 2.93. The van der Waals surface area contributed by atoms with E-state index in [9.17, 15) is 0 Å². The fraction of sp³-hybridized carbons (Fsp3) is 0.600. The first-order valence-electron chi connectivity index (χ1n) is 10.1. The zero-order valence-corrected chi connectivity index (χ0v) is 16.7. The number of nitrogens with zero attached hydrogens (tertiary/aromatic N) is 6. The van der Waals surface area contributed by atoms with Gasteiger partial charge in [0.2, 0.25) is 23.7 Å². The molecule has 4 rings (SSSR count). The number of anilines is 2. The molecule has 150 valence electrons. The van der Waals surface area contributed by atoms with E-state index in [4.69, 9.17) is 14.5 Å². The van der Waals surface area contributed by atoms with Gasteiger partial charge in [-0.15, -0.1) is 0 Å². The lowest BCUT2D eigenvalue weighted by atomic mass is 10.1. The summed E-state index contributed by atoms with van der Waals surface area (Å²) in [5.74, 6) is 2.47. The van der Waals surface area contributed by atoms with Crippen LogP contribution in [0.5, 0.6) is 11.8 Å². The van der Waals surface area contributed by atoms with Crippen molar-refractivity contribution < 1.29 is 9.47 Å². The fourth-order valence-corrected chi connectivity index (χ4v) is 3.83. The van der Waals surface area contributed by atoms with Gasteiger partial charge in [0.15, 0.2) is 0 Å². The Kier molecular flexibility index (Phi) is 5.73. The number of piperidine rings is 2. The van der Waals surface area contributed by atoms with Crippen LogP contribution >= 0.6 is 0 Å². The van der Waals surface area contributed by atoms with Gasteiger partial charge in [-0.3, -0.25) is 0 Å². The lowest BCUT2D eigenvalue weighted by Crippen LogP contribution is -2.31. The van der Waals surface area contributed by atoms with E-state index in [0.717, 1.165) is 56.2 Å². The molecule has 2 aliphatic heterocycles. The number of methoxy groups -OCH3 is 2. The average Bonchev–Trinajstić information content (AvgIpc) is 2.79. The molecule has 0 N–H and O–H groups in total. The van der Waals surface area contributed by atoms with Gasteiger partial charge in [-0.1, -0.05) is 0 Å². The topological polar surface area (TPSA) is 76.5 Å². The molecule has 0 aliphatic carbocycles. The maximum Gasteiger partial charge on any atom is 0.229 e. The van der Waals surface area contributed by atoms with Crippen molar-refractivity contribution in [1.82, 2.24) is 19.9 Å². The summed E-state index contributed by atoms with van der Waals surface area (Å²) >= 11 is 0. The third-order valence-electron chi connectivity index (χ3n) is 5.39. The Bertz CT molecular complexity index is 803. The molecule has 0 aromatic carbocycles. The van der Waals surface area contributed by atoms with Crippen LogP contribution in [0.25, 0.3) is 11.3 Å². The molecule has 0 amide bonds. The smallest absolute Gasteiger partial charge is 0.229 e. The summed E-state index contributed by atoms with van der Waals surface area (Å²) in [6.45, 7) is 3.91. The molecule has 8 heteroatoms. The molecule has 0 unspecified atom stereocenters. The molecular formula is C20H28N6O2. The molecule has 0 spiro atoms. The van der Waals surface area contributed by atoms with Crippen LogP contribution in [-0.4, -0.2) is 60.3 Å². The van der Waals surface area contributed by atoms with Crippen molar-refractivity contribution in [2.75, 3.05) is 50.2 Å². The first-order valence-corrected chi connectivity index (χ1v) is 10.1. The van der Waals surface area contributed by atoms with Crippen LogP contribution in [0.4, 0.5) is 11.9 Å². The van der Waals surface area contributed by atoms with E-state index in [-0.39, 0.29) is 0 Å². The third kappa shape index (κ3) is 3.95. The summed E-state index contributed by atoms with van der Waals surface area (Å²) < 4.78 is 11.0. The van der Waals surface area contributed by atoms with Crippen molar-refractivity contribution >= 4 is 11.9 Å². The maximum absolute atomic E-state index is 5.60. The summed E-state index contributed by atoms with van der Waals surface area (Å²) in [7, 11) is 3.26. The van der Waals surface area contributed by atoms with E-state index < -0.39 is 0 Å². The second kappa shape index (κ2) is 8.58. The van der Waals surface area contributed by atoms with E-state index in [0.29, 0.717) is 17.7 Å². The van der Waals surface area contributed by atoms with Crippen LogP contribution in [0.1, 0.15) is 38.5 Å². The summed E-state index contributed by atoms with van der Waals surface area (Å²) in [6, 6.07) is 1.81. The van der Waals surface area contributed by atoms with E-state index in [1.165, 1.54) is 25.7 Å². The summed E-state index contributed by atoms with van der Waals surface area (Å²) in [5, 5.41) is 0. The second-order valence-corrected chi connectivity index (χ2v) is 7.28. The van der Waals surface area contributed by atoms with Crippen LogP contribution in [0.15, 0.2) is 12.3 Å². The van der Waals surface area contributed by atoms with E-state index in [2.05, 4.69) is 24.8 Å². The predicted molar refractivity (Wildman–Crippen MR) is 108 cm³/mol. The summed E-state index contributed by atoms with van der Waals surface area (Å²) in [5.41, 5.74) is 1.47. The Labute approximate surface area is 165 Å². The Morgan fingerprint density at radius 1 is 0.750 bits per heavy atom. The molecule has 2 aromatic rings. The van der Waals surface area contributed by atoms with Crippen LogP contribution in [-0.2, 0) is 0 Å². The Balaban J connectivity index is 1.68. The van der Waals surface area contributed by atoms with Gasteiger partial charge in [-0.2, -0.15) is 9.97 Å². The van der Waals surface area contributed by atoms with Gasteiger partial charge in [0.25, 0.3) is 0 Å². The zero-order chi connectivity index (χ0) is 19.3. The van der Waals surface area contributed by atoms with Crippen LogP contribution < -0.4 is 19.3 Å². The van der Waals surface area contributed by atoms with Crippen LogP contribution in [0.3, 0.4) is 0 Å². The van der Waals surface area contributed by atoms with Crippen molar-refractivity contribution in [2.45, 2.75) is 38.5 Å². The Hall–Kier alpha value is -2.64. The highest BCUT2D eigenvalue weighted by atomic mass is 16.5. The van der Waals surface area contributed by atoms with Crippen molar-refractivity contribution in [3.63, 3.8) is 0 Å². The second-order valence-electron chi connectivity index (χ2n) is 7.28. The highest BCUT2D eigenvalue weighted by molar-refractivity contribution is 5.67. The van der Waals surface area contributed by atoms with Crippen molar-refractivity contribution in [2.24, 2.45) is 0 Å². The van der Waals surface area contributed by atoms with Crippen LogP contribution in [0, 0.1) is 0 Å². The average molecular weight is 384 g/mol. The van der Waals surface area contributed by atoms with Gasteiger partial charge in [-0.05, 0) is 38.5 Å². The molecule has 28 heavy (non-hydrogen) atoms. The Morgan fingerprint density at radius 2 is 1.39 bits per heavy atom. The molecule has 2 saturated heterocycles. The minimum atomic E-state index is 0.529. The summed E-state index contributed by atoms with van der Waals surface area (Å²) in [4.78, 5) is 23.0. The van der Waals surface area contributed by atoms with Crippen molar-refractivity contribution in [3.05, 3.63) is 12.3 Å². The number of rotatable bonds is 5. The number of aromatic nitrogens is 4. The minimum Gasteiger partial charge on any atom is -0.481 e. The quantitative estimate of drug-likeness (QED) is 0.779. The molecule has 2 fully saturated rings. The van der Waals surface area contributed by atoms with E-state index in [1.807, 2.05) is 6.07 Å². The molecular weight excluding hydrogens is 356 g/mol. The molecule has 2 aliphatic rings. The Morgan fingerprint density at radius 3 is 2.00 bits per heavy atom. The largest absolute Gasteiger partial charge is 0.481 e. The lowest BCUT2D eigenvalue weighted by Gasteiger charge is -2.27. The first-order chi connectivity index (χ1) is 13.8. The maximum atomic E-state index is 5.60. The van der Waals surface area contributed by atoms with Crippen molar-refractivity contribution in [3.8, 4) is 23.0 Å². The normalized spacial score (nSPS) is 17.5. The van der Waals surface area contributed by atoms with Crippen LogP contribution in [0.2, 0.25) is 0 Å². The van der Waals surface area contributed by atoms with Gasteiger partial charge in [0.05, 0.1) is 25.5 Å². The fourth-order valence-electron chi connectivity index (χ4n) is 3.83. The molecule has 4 heterocycles. The van der Waals surface area contributed by atoms with Crippen molar-refractivity contribution in [1.29, 1.82) is 0 Å². The summed E-state index contributed by atoms with van der Waals surface area (Å²) in [6.07, 6.45) is 9.00. The minimum absolute atomic E-state index is 0.529. The number of hydrogen-bond donors (Lipinski definition) is 0. The van der Waals surface area contributed by atoms with E-state index >= 15 is 0 Å². The van der Waals surface area contributed by atoms with Gasteiger partial charge in [0.1, 0.15) is 0 Å².